The van der Waals surface area contributed by atoms with Gasteiger partial charge in [0.15, 0.2) is 0 Å². The second-order valence-corrected chi connectivity index (χ2v) is 19.5. The predicted molar refractivity (Wildman–Crippen MR) is 253 cm³/mol. The number of primary amides is 1. The minimum absolute atomic E-state index is 0.0203. The highest BCUT2D eigenvalue weighted by molar-refractivity contribution is 7.47. The summed E-state index contributed by atoms with van der Waals surface area (Å²) in [6.45, 7) is 1.70. The van der Waals surface area contributed by atoms with Gasteiger partial charge in [-0.1, -0.05) is 0 Å². The SMILES string of the molecule is BC1CC(OP(=O)(O)OCC(O)CCCCNC(=O)c2cc3c4c(ccc3[nH]2)N(C(=O)c2cc3c5c(ccc3[nH]2)N(C(=O)C2Cc3c(ccc6c3CCN6C(N)=O)N2)CC5)CC4)C(COC)O1. The Kier molecular flexibility index (Phi) is 12.2. The number of aromatic amines is 2. The number of carbonyl (C=O) groups is 4. The molecule has 5 aliphatic rings. The summed E-state index contributed by atoms with van der Waals surface area (Å²) in [6.07, 6.45) is 2.13. The summed E-state index contributed by atoms with van der Waals surface area (Å²) in [7, 11) is -1.09. The van der Waals surface area contributed by atoms with Crippen LogP contribution < -0.4 is 31.1 Å². The predicted octanol–water partition coefficient (Wildman–Crippen LogP) is 3.38. The number of hydrogen-bond acceptors (Lipinski definition) is 11. The smallest absolute Gasteiger partial charge is 0.391 e. The van der Waals surface area contributed by atoms with Gasteiger partial charge in [-0.3, -0.25) is 28.3 Å². The maximum absolute atomic E-state index is 14.2. The van der Waals surface area contributed by atoms with Crippen LogP contribution in [-0.2, 0) is 53.6 Å². The third kappa shape index (κ3) is 8.60. The van der Waals surface area contributed by atoms with Crippen LogP contribution in [0.15, 0.2) is 48.5 Å². The summed E-state index contributed by atoms with van der Waals surface area (Å²) in [5, 5.41) is 18.5. The first-order chi connectivity index (χ1) is 32.3. The van der Waals surface area contributed by atoms with E-state index in [-0.39, 0.29) is 43.4 Å². The lowest BCUT2D eigenvalue weighted by atomic mass is 9.96. The number of ether oxygens (including phenoxy) is 2. The number of rotatable bonds is 15. The number of hydrogen-bond donors (Lipinski definition) is 7. The molecule has 352 valence electrons. The van der Waals surface area contributed by atoms with Gasteiger partial charge in [-0.15, -0.1) is 0 Å². The molecule has 1 fully saturated rings. The van der Waals surface area contributed by atoms with Crippen molar-refractivity contribution in [1.82, 2.24) is 15.3 Å². The summed E-state index contributed by atoms with van der Waals surface area (Å²) in [4.78, 5) is 75.4. The number of carbonyl (C=O) groups excluding carboxylic acids is 4. The van der Waals surface area contributed by atoms with Crippen molar-refractivity contribution in [3.8, 4) is 0 Å². The van der Waals surface area contributed by atoms with E-state index in [2.05, 4.69) is 20.6 Å². The lowest BCUT2D eigenvalue weighted by Crippen LogP contribution is -2.41. The molecule has 10 rings (SSSR count). The van der Waals surface area contributed by atoms with Gasteiger partial charge in [0.2, 0.25) is 5.91 Å². The molecule has 2 aromatic heterocycles. The van der Waals surface area contributed by atoms with E-state index in [1.54, 1.807) is 9.80 Å². The van der Waals surface area contributed by atoms with Gasteiger partial charge in [-0.25, -0.2) is 9.36 Å². The van der Waals surface area contributed by atoms with Crippen LogP contribution in [0.1, 0.15) is 68.9 Å². The number of aromatic nitrogens is 2. The minimum Gasteiger partial charge on any atom is -0.391 e. The fraction of sp³-hybridized carbons (Fsp3) is 0.435. The van der Waals surface area contributed by atoms with Crippen molar-refractivity contribution in [1.29, 1.82) is 0 Å². The molecule has 6 atom stereocenters. The number of nitrogens with two attached hydrogens (primary N) is 1. The van der Waals surface area contributed by atoms with Gasteiger partial charge in [0.05, 0.1) is 25.4 Å². The van der Waals surface area contributed by atoms with Crippen LogP contribution in [0.2, 0.25) is 0 Å². The number of phosphoric ester groups is 1. The molecule has 21 heteroatoms. The Morgan fingerprint density at radius 2 is 1.54 bits per heavy atom. The molecule has 0 bridgehead atoms. The summed E-state index contributed by atoms with van der Waals surface area (Å²) in [6, 6.07) is 14.1. The Labute approximate surface area is 386 Å². The van der Waals surface area contributed by atoms with Crippen LogP contribution in [0.3, 0.4) is 0 Å². The van der Waals surface area contributed by atoms with E-state index < -0.39 is 38.2 Å². The number of urea groups is 1. The fourth-order valence-corrected chi connectivity index (χ4v) is 11.6. The number of aliphatic hydroxyl groups is 1. The molecule has 0 saturated carbocycles. The van der Waals surface area contributed by atoms with Crippen LogP contribution in [0.25, 0.3) is 21.8 Å². The van der Waals surface area contributed by atoms with E-state index in [0.717, 1.165) is 66.8 Å². The van der Waals surface area contributed by atoms with Crippen LogP contribution >= 0.6 is 7.82 Å². The van der Waals surface area contributed by atoms with E-state index in [4.69, 9.17) is 24.3 Å². The summed E-state index contributed by atoms with van der Waals surface area (Å²) >= 11 is 0. The average Bonchev–Trinajstić information content (AvgIpc) is 4.16. The molecule has 0 spiro atoms. The Balaban J connectivity index is 0.727. The van der Waals surface area contributed by atoms with E-state index in [0.29, 0.717) is 82.5 Å². The van der Waals surface area contributed by atoms with Gasteiger partial charge in [-0.05, 0) is 116 Å². The zero-order valence-electron chi connectivity index (χ0n) is 37.3. The number of nitrogens with zero attached hydrogens (tertiary/aromatic N) is 3. The van der Waals surface area contributed by atoms with E-state index >= 15 is 0 Å². The summed E-state index contributed by atoms with van der Waals surface area (Å²) < 4.78 is 33.7. The number of nitrogens with one attached hydrogen (secondary N) is 4. The van der Waals surface area contributed by atoms with Crippen molar-refractivity contribution in [2.24, 2.45) is 5.73 Å². The lowest BCUT2D eigenvalue weighted by Gasteiger charge is -2.21. The maximum Gasteiger partial charge on any atom is 0.472 e. The van der Waals surface area contributed by atoms with Crippen molar-refractivity contribution in [3.05, 3.63) is 82.2 Å². The molecule has 5 aromatic rings. The molecule has 1 saturated heterocycles. The van der Waals surface area contributed by atoms with Gasteiger partial charge in [-0.2, -0.15) is 0 Å². The van der Waals surface area contributed by atoms with Crippen LogP contribution in [0.5, 0.6) is 0 Å². The highest BCUT2D eigenvalue weighted by Crippen LogP contribution is 2.47. The molecule has 5 aliphatic heterocycles. The molecule has 0 aliphatic carbocycles. The number of aliphatic hydroxyl groups excluding tert-OH is 1. The number of methoxy groups -OCH3 is 1. The first-order valence-electron chi connectivity index (χ1n) is 22.9. The zero-order valence-corrected chi connectivity index (χ0v) is 38.2. The average molecular weight is 937 g/mol. The minimum atomic E-state index is -4.44. The van der Waals surface area contributed by atoms with Crippen molar-refractivity contribution >= 4 is 84.0 Å². The molecular weight excluding hydrogens is 882 g/mol. The molecule has 7 heterocycles. The van der Waals surface area contributed by atoms with Gasteiger partial charge in [0.1, 0.15) is 31.4 Å². The van der Waals surface area contributed by atoms with Gasteiger partial charge in [0, 0.05) is 90.3 Å². The third-order valence-corrected chi connectivity index (χ3v) is 14.8. The molecule has 19 nitrogen and oxygen atoms in total. The lowest BCUT2D eigenvalue weighted by molar-refractivity contribution is -0.119. The number of unbranched alkanes of at least 4 members (excludes halogenated alkanes) is 1. The van der Waals surface area contributed by atoms with Gasteiger partial charge >= 0.3 is 13.9 Å². The molecule has 8 N–H and O–H groups in total. The number of H-pyrrole nitrogens is 2. The van der Waals surface area contributed by atoms with Crippen LogP contribution in [0.4, 0.5) is 27.5 Å². The highest BCUT2D eigenvalue weighted by Gasteiger charge is 2.40. The maximum atomic E-state index is 14.2. The Morgan fingerprint density at radius 3 is 2.27 bits per heavy atom. The van der Waals surface area contributed by atoms with Crippen molar-refractivity contribution in [3.63, 3.8) is 0 Å². The van der Waals surface area contributed by atoms with Crippen LogP contribution in [0, 0.1) is 0 Å². The fourth-order valence-electron chi connectivity index (χ4n) is 10.6. The summed E-state index contributed by atoms with van der Waals surface area (Å²) in [5.74, 6) is -0.474. The Bertz CT molecular complexity index is 2850. The second-order valence-electron chi connectivity index (χ2n) is 18.1. The van der Waals surface area contributed by atoms with E-state index in [1.165, 1.54) is 7.11 Å². The van der Waals surface area contributed by atoms with Gasteiger partial charge < -0.3 is 55.6 Å². The Morgan fingerprint density at radius 1 is 0.896 bits per heavy atom. The molecule has 67 heavy (non-hydrogen) atoms. The van der Waals surface area contributed by atoms with E-state index in [1.807, 2.05) is 61.3 Å². The second kappa shape index (κ2) is 18.1. The van der Waals surface area contributed by atoms with Crippen molar-refractivity contribution in [2.75, 3.05) is 66.5 Å². The first-order valence-corrected chi connectivity index (χ1v) is 24.4. The van der Waals surface area contributed by atoms with Crippen molar-refractivity contribution in [2.45, 2.75) is 81.7 Å². The molecule has 0 radical (unpaired) electrons. The number of benzene rings is 3. The topological polar surface area (TPSA) is 254 Å². The standard InChI is InChI=1S/C46H54BN8O11P/c1-63-23-41-40(21-42(47)65-41)66-67(61,62)64-22-24(56)4-2-3-14-49-43(57)34-18-28-25-11-15-53(37(25)8-5-31(28)50-34)44(58)35-19-29-26-12-16-54(38(26)9-6-32(29)51-35)45(59)36-20-30-27-13-17-55(46(48)60)39(27)10-7-33(30)52-36/h5-10,18-19,24,36,40-42,50-52,56H,2-4,11-17,20-23,47H2,1H3,(H2,48,60)(H,49,57)(H,61,62). The molecule has 3 aromatic carbocycles. The quantitative estimate of drug-likeness (QED) is 0.0454. The third-order valence-electron chi connectivity index (χ3n) is 13.8. The largest absolute Gasteiger partial charge is 0.472 e. The number of anilines is 4. The number of fused-ring (bicyclic) bond motifs is 9. The van der Waals surface area contributed by atoms with Crippen molar-refractivity contribution < 1.29 is 52.3 Å². The monoisotopic (exact) mass is 936 g/mol. The molecule has 5 amide bonds. The number of phosphoric acid groups is 1. The highest BCUT2D eigenvalue weighted by atomic mass is 31.2. The molecular formula is C46H54BN8O11P. The number of amides is 5. The molecule has 6 unspecified atom stereocenters. The Hall–Kier alpha value is -5.73. The summed E-state index contributed by atoms with van der Waals surface area (Å²) in [5.41, 5.74) is 15.5. The van der Waals surface area contributed by atoms with Gasteiger partial charge in [0.25, 0.3) is 11.8 Å². The van der Waals surface area contributed by atoms with E-state index in [9.17, 15) is 33.7 Å². The zero-order chi connectivity index (χ0) is 46.7. The normalized spacial score (nSPS) is 21.9. The van der Waals surface area contributed by atoms with Crippen LogP contribution in [-0.4, -0.2) is 128 Å². The first kappa shape index (κ1) is 45.1.